The van der Waals surface area contributed by atoms with Gasteiger partial charge in [0.25, 0.3) is 0 Å². The molecule has 1 N–H and O–H groups in total. The van der Waals surface area contributed by atoms with Crippen LogP contribution in [0.15, 0.2) is 18.2 Å². The van der Waals surface area contributed by atoms with Crippen molar-refractivity contribution in [1.29, 1.82) is 0 Å². The van der Waals surface area contributed by atoms with Crippen LogP contribution in [0.2, 0.25) is 0 Å². The summed E-state index contributed by atoms with van der Waals surface area (Å²) in [6.45, 7) is 6.27. The Labute approximate surface area is 137 Å². The fourth-order valence-electron chi connectivity index (χ4n) is 2.89. The molecular weight excluding hydrogens is 292 g/mol. The van der Waals surface area contributed by atoms with Crippen LogP contribution in [0, 0.1) is 13.8 Å². The first kappa shape index (κ1) is 17.2. The number of rotatable bonds is 6. The first-order valence-corrected chi connectivity index (χ1v) is 8.05. The number of hydrogen-bond donors (Lipinski definition) is 1. The largest absolute Gasteiger partial charge is 0.353 e. The lowest BCUT2D eigenvalue weighted by molar-refractivity contribution is -0.138. The van der Waals surface area contributed by atoms with E-state index in [1.807, 2.05) is 6.92 Å². The molecule has 23 heavy (non-hydrogen) atoms. The summed E-state index contributed by atoms with van der Waals surface area (Å²) in [5, 5.41) is 2.94. The molecule has 0 unspecified atom stereocenters. The van der Waals surface area contributed by atoms with E-state index in [1.165, 1.54) is 21.6 Å². The molecule has 1 atom stereocenters. The van der Waals surface area contributed by atoms with Crippen LogP contribution in [-0.4, -0.2) is 35.2 Å². The smallest absolute Gasteiger partial charge is 0.229 e. The second-order valence-electron chi connectivity index (χ2n) is 6.29. The van der Waals surface area contributed by atoms with Gasteiger partial charge in [0.05, 0.1) is 0 Å². The van der Waals surface area contributed by atoms with E-state index in [0.717, 1.165) is 6.42 Å². The number of imide groups is 1. The maximum absolute atomic E-state index is 12.0. The van der Waals surface area contributed by atoms with Crippen molar-refractivity contribution in [2.75, 3.05) is 6.54 Å². The Morgan fingerprint density at radius 1 is 1.22 bits per heavy atom. The molecule has 1 heterocycles. The molecule has 2 rings (SSSR count). The van der Waals surface area contributed by atoms with Crippen molar-refractivity contribution in [2.24, 2.45) is 0 Å². The van der Waals surface area contributed by atoms with Crippen LogP contribution in [0.1, 0.15) is 42.9 Å². The Morgan fingerprint density at radius 2 is 1.87 bits per heavy atom. The molecule has 1 aromatic rings. The highest BCUT2D eigenvalue weighted by atomic mass is 16.2. The van der Waals surface area contributed by atoms with Crippen LogP contribution in [0.5, 0.6) is 0 Å². The summed E-state index contributed by atoms with van der Waals surface area (Å²) in [4.78, 5) is 36.2. The van der Waals surface area contributed by atoms with E-state index in [0.29, 0.717) is 0 Å². The third-order valence-electron chi connectivity index (χ3n) is 4.15. The molecule has 0 saturated carbocycles. The van der Waals surface area contributed by atoms with E-state index in [2.05, 4.69) is 37.4 Å². The zero-order valence-corrected chi connectivity index (χ0v) is 14.0. The third-order valence-corrected chi connectivity index (χ3v) is 4.15. The highest BCUT2D eigenvalue weighted by Gasteiger charge is 2.28. The molecule has 1 aliphatic rings. The Morgan fingerprint density at radius 3 is 2.48 bits per heavy atom. The number of carbonyl (C=O) groups excluding carboxylic acids is 3. The van der Waals surface area contributed by atoms with Gasteiger partial charge in [0.1, 0.15) is 0 Å². The van der Waals surface area contributed by atoms with Crippen molar-refractivity contribution in [2.45, 2.75) is 52.5 Å². The van der Waals surface area contributed by atoms with Gasteiger partial charge in [0, 0.05) is 31.8 Å². The molecule has 1 aliphatic heterocycles. The van der Waals surface area contributed by atoms with Crippen LogP contribution in [0.25, 0.3) is 0 Å². The summed E-state index contributed by atoms with van der Waals surface area (Å²) < 4.78 is 0. The number of likely N-dealkylation sites (tertiary alicyclic amines) is 1. The quantitative estimate of drug-likeness (QED) is 0.815. The second-order valence-corrected chi connectivity index (χ2v) is 6.29. The minimum absolute atomic E-state index is 0.00823. The SMILES string of the molecule is Cc1ccc(C[C@H](C)NC(=O)CCN2C(=O)CCC2=O)c(C)c1. The highest BCUT2D eigenvalue weighted by molar-refractivity contribution is 6.02. The minimum Gasteiger partial charge on any atom is -0.353 e. The first-order chi connectivity index (χ1) is 10.9. The molecule has 124 valence electrons. The summed E-state index contributed by atoms with van der Waals surface area (Å²) in [7, 11) is 0. The molecule has 3 amide bonds. The van der Waals surface area contributed by atoms with Crippen molar-refractivity contribution < 1.29 is 14.4 Å². The normalized spacial score (nSPS) is 15.9. The molecule has 1 saturated heterocycles. The molecule has 1 fully saturated rings. The summed E-state index contributed by atoms with van der Waals surface area (Å²) in [6.07, 6.45) is 1.46. The lowest BCUT2D eigenvalue weighted by Crippen LogP contribution is -2.38. The molecular formula is C18H24N2O3. The fraction of sp³-hybridized carbons (Fsp3) is 0.500. The van der Waals surface area contributed by atoms with Gasteiger partial charge in [0.2, 0.25) is 17.7 Å². The first-order valence-electron chi connectivity index (χ1n) is 8.05. The van der Waals surface area contributed by atoms with E-state index < -0.39 is 0 Å². The summed E-state index contributed by atoms with van der Waals surface area (Å²) in [5.41, 5.74) is 3.66. The van der Waals surface area contributed by atoms with Gasteiger partial charge in [-0.3, -0.25) is 19.3 Å². The van der Waals surface area contributed by atoms with E-state index >= 15 is 0 Å². The molecule has 0 spiro atoms. The average Bonchev–Trinajstić information content (AvgIpc) is 2.79. The van der Waals surface area contributed by atoms with Crippen molar-refractivity contribution in [3.05, 3.63) is 34.9 Å². The molecule has 1 aromatic carbocycles. The number of aryl methyl sites for hydroxylation is 2. The van der Waals surface area contributed by atoms with Crippen molar-refractivity contribution in [3.63, 3.8) is 0 Å². The van der Waals surface area contributed by atoms with Crippen LogP contribution < -0.4 is 5.32 Å². The van der Waals surface area contributed by atoms with E-state index in [9.17, 15) is 14.4 Å². The van der Waals surface area contributed by atoms with Crippen molar-refractivity contribution in [1.82, 2.24) is 10.2 Å². The predicted molar refractivity (Wildman–Crippen MR) is 87.8 cm³/mol. The molecule has 0 aromatic heterocycles. The maximum atomic E-state index is 12.0. The second kappa shape index (κ2) is 7.40. The van der Waals surface area contributed by atoms with Crippen LogP contribution >= 0.6 is 0 Å². The molecule has 5 heteroatoms. The van der Waals surface area contributed by atoms with Crippen LogP contribution in [0.3, 0.4) is 0 Å². The monoisotopic (exact) mass is 316 g/mol. The number of hydrogen-bond acceptors (Lipinski definition) is 3. The lowest BCUT2D eigenvalue weighted by Gasteiger charge is -2.17. The van der Waals surface area contributed by atoms with Gasteiger partial charge in [0.15, 0.2) is 0 Å². The van der Waals surface area contributed by atoms with Crippen LogP contribution in [0.4, 0.5) is 0 Å². The van der Waals surface area contributed by atoms with Gasteiger partial charge in [-0.05, 0) is 38.3 Å². The van der Waals surface area contributed by atoms with Gasteiger partial charge in [-0.15, -0.1) is 0 Å². The Kier molecular flexibility index (Phi) is 5.53. The topological polar surface area (TPSA) is 66.5 Å². The zero-order chi connectivity index (χ0) is 17.0. The van der Waals surface area contributed by atoms with E-state index in [1.54, 1.807) is 0 Å². The molecule has 0 radical (unpaired) electrons. The van der Waals surface area contributed by atoms with Crippen LogP contribution in [-0.2, 0) is 20.8 Å². The van der Waals surface area contributed by atoms with Crippen molar-refractivity contribution in [3.8, 4) is 0 Å². The summed E-state index contributed by atoms with van der Waals surface area (Å²) in [6, 6.07) is 6.30. The molecule has 5 nitrogen and oxygen atoms in total. The Bertz CT molecular complexity index is 609. The van der Waals surface area contributed by atoms with Gasteiger partial charge < -0.3 is 5.32 Å². The summed E-state index contributed by atoms with van der Waals surface area (Å²) in [5.74, 6) is -0.480. The summed E-state index contributed by atoms with van der Waals surface area (Å²) >= 11 is 0. The molecule has 0 aliphatic carbocycles. The number of nitrogens with zero attached hydrogens (tertiary/aromatic N) is 1. The predicted octanol–water partition coefficient (Wildman–Crippen LogP) is 1.89. The zero-order valence-electron chi connectivity index (χ0n) is 14.0. The van der Waals surface area contributed by atoms with Gasteiger partial charge in [-0.25, -0.2) is 0 Å². The Balaban J connectivity index is 1.80. The van der Waals surface area contributed by atoms with Gasteiger partial charge >= 0.3 is 0 Å². The van der Waals surface area contributed by atoms with Gasteiger partial charge in [-0.2, -0.15) is 0 Å². The average molecular weight is 316 g/mol. The molecule has 0 bridgehead atoms. The van der Waals surface area contributed by atoms with Gasteiger partial charge in [-0.1, -0.05) is 23.8 Å². The number of nitrogens with one attached hydrogen (secondary N) is 1. The third kappa shape index (κ3) is 4.65. The highest BCUT2D eigenvalue weighted by Crippen LogP contribution is 2.13. The number of amides is 3. The minimum atomic E-state index is -0.175. The van der Waals surface area contributed by atoms with E-state index in [-0.39, 0.29) is 49.6 Å². The van der Waals surface area contributed by atoms with Crippen molar-refractivity contribution >= 4 is 17.7 Å². The Hall–Kier alpha value is -2.17. The maximum Gasteiger partial charge on any atom is 0.229 e. The number of benzene rings is 1. The van der Waals surface area contributed by atoms with E-state index in [4.69, 9.17) is 0 Å². The lowest BCUT2D eigenvalue weighted by atomic mass is 10.00. The fourth-order valence-corrected chi connectivity index (χ4v) is 2.89. The standard InChI is InChI=1S/C18H24N2O3/c1-12-4-5-15(13(2)10-12)11-14(3)19-16(21)8-9-20-17(22)6-7-18(20)23/h4-5,10,14H,6-9,11H2,1-3H3,(H,19,21)/t14-/m0/s1. The number of carbonyl (C=O) groups is 3.